The molecule has 0 aromatic heterocycles. The molecular formula is C16H27N3O2. The maximum Gasteiger partial charge on any atom is 0.123 e. The zero-order valence-corrected chi connectivity index (χ0v) is 13.6. The van der Waals surface area contributed by atoms with Gasteiger partial charge in [-0.3, -0.25) is 4.90 Å². The van der Waals surface area contributed by atoms with E-state index in [0.717, 1.165) is 49.8 Å². The molecule has 5 nitrogen and oxygen atoms in total. The number of ether oxygens (including phenoxy) is 2. The summed E-state index contributed by atoms with van der Waals surface area (Å²) < 4.78 is 10.7. The van der Waals surface area contributed by atoms with E-state index in [-0.39, 0.29) is 0 Å². The molecule has 0 bridgehead atoms. The molecular weight excluding hydrogens is 266 g/mol. The van der Waals surface area contributed by atoms with E-state index in [1.54, 1.807) is 14.2 Å². The van der Waals surface area contributed by atoms with Crippen LogP contribution in [0.3, 0.4) is 0 Å². The Balaban J connectivity index is 1.90. The van der Waals surface area contributed by atoms with Crippen molar-refractivity contribution in [3.8, 4) is 11.5 Å². The highest BCUT2D eigenvalue weighted by atomic mass is 16.5. The molecule has 21 heavy (non-hydrogen) atoms. The molecule has 0 amide bonds. The van der Waals surface area contributed by atoms with Crippen LogP contribution in [0.15, 0.2) is 18.2 Å². The average Bonchev–Trinajstić information content (AvgIpc) is 2.50. The molecule has 0 radical (unpaired) electrons. The Kier molecular flexibility index (Phi) is 5.85. The van der Waals surface area contributed by atoms with Gasteiger partial charge in [-0.25, -0.2) is 0 Å². The van der Waals surface area contributed by atoms with Gasteiger partial charge in [0.2, 0.25) is 0 Å². The van der Waals surface area contributed by atoms with Crippen molar-refractivity contribution in [1.29, 1.82) is 0 Å². The number of nitrogens with one attached hydrogen (secondary N) is 1. The Morgan fingerprint density at radius 3 is 2.71 bits per heavy atom. The third kappa shape index (κ3) is 4.33. The van der Waals surface area contributed by atoms with Crippen LogP contribution in [-0.4, -0.2) is 70.3 Å². The van der Waals surface area contributed by atoms with E-state index in [2.05, 4.69) is 29.2 Å². The average molecular weight is 293 g/mol. The molecule has 1 atom stereocenters. The highest BCUT2D eigenvalue weighted by Gasteiger charge is 2.21. The second kappa shape index (κ2) is 7.64. The zero-order valence-electron chi connectivity index (χ0n) is 13.6. The fourth-order valence-electron chi connectivity index (χ4n) is 2.72. The number of nitrogens with zero attached hydrogens (tertiary/aromatic N) is 2. The topological polar surface area (TPSA) is 37.0 Å². The van der Waals surface area contributed by atoms with Crippen molar-refractivity contribution >= 4 is 0 Å². The van der Waals surface area contributed by atoms with Crippen molar-refractivity contribution in [3.05, 3.63) is 23.8 Å². The van der Waals surface area contributed by atoms with Gasteiger partial charge < -0.3 is 19.7 Å². The number of piperazine rings is 1. The number of hydrogen-bond donors (Lipinski definition) is 1. The summed E-state index contributed by atoms with van der Waals surface area (Å²) in [6.45, 7) is 5.15. The Morgan fingerprint density at radius 2 is 2.00 bits per heavy atom. The van der Waals surface area contributed by atoms with Crippen molar-refractivity contribution in [2.24, 2.45) is 0 Å². The summed E-state index contributed by atoms with van der Waals surface area (Å²) >= 11 is 0. The monoisotopic (exact) mass is 293 g/mol. The summed E-state index contributed by atoms with van der Waals surface area (Å²) in [5.41, 5.74) is 1.13. The summed E-state index contributed by atoms with van der Waals surface area (Å²) in [5, 5.41) is 3.54. The maximum absolute atomic E-state index is 5.41. The fraction of sp³-hybridized carbons (Fsp3) is 0.625. The number of benzene rings is 1. The highest BCUT2D eigenvalue weighted by molar-refractivity contribution is 5.40. The molecule has 1 N–H and O–H groups in total. The largest absolute Gasteiger partial charge is 0.497 e. The van der Waals surface area contributed by atoms with Gasteiger partial charge in [-0.1, -0.05) is 0 Å². The lowest BCUT2D eigenvalue weighted by atomic mass is 10.1. The Labute approximate surface area is 127 Å². The molecule has 0 saturated carbocycles. The van der Waals surface area contributed by atoms with Crippen molar-refractivity contribution < 1.29 is 9.47 Å². The van der Waals surface area contributed by atoms with Crippen molar-refractivity contribution in [2.75, 3.05) is 54.5 Å². The van der Waals surface area contributed by atoms with Gasteiger partial charge in [0.1, 0.15) is 11.5 Å². The molecule has 118 valence electrons. The van der Waals surface area contributed by atoms with Gasteiger partial charge in [-0.15, -0.1) is 0 Å². The van der Waals surface area contributed by atoms with Crippen LogP contribution in [-0.2, 0) is 6.54 Å². The van der Waals surface area contributed by atoms with Crippen LogP contribution in [0.1, 0.15) is 5.56 Å². The molecule has 1 heterocycles. The minimum Gasteiger partial charge on any atom is -0.497 e. The van der Waals surface area contributed by atoms with E-state index < -0.39 is 0 Å². The summed E-state index contributed by atoms with van der Waals surface area (Å²) in [6, 6.07) is 6.46. The molecule has 1 fully saturated rings. The number of rotatable bonds is 6. The first kappa shape index (κ1) is 16.1. The molecule has 1 aromatic rings. The third-order valence-corrected chi connectivity index (χ3v) is 4.16. The van der Waals surface area contributed by atoms with Gasteiger partial charge in [0.15, 0.2) is 0 Å². The Bertz CT molecular complexity index is 453. The molecule has 0 spiro atoms. The normalized spacial score (nSPS) is 20.5. The van der Waals surface area contributed by atoms with Crippen LogP contribution in [0.4, 0.5) is 0 Å². The summed E-state index contributed by atoms with van der Waals surface area (Å²) in [6.07, 6.45) is 0. The van der Waals surface area contributed by atoms with Crippen LogP contribution >= 0.6 is 0 Å². The van der Waals surface area contributed by atoms with Gasteiger partial charge in [0.25, 0.3) is 0 Å². The van der Waals surface area contributed by atoms with Crippen molar-refractivity contribution in [2.45, 2.75) is 12.6 Å². The summed E-state index contributed by atoms with van der Waals surface area (Å²) in [7, 11) is 7.78. The standard InChI is InChI=1S/C16H27N3O2/c1-18-7-8-19(2)14(12-18)11-17-10-13-9-15(20-3)5-6-16(13)21-4/h5-6,9,14,17H,7-8,10-12H2,1-4H3. The van der Waals surface area contributed by atoms with Crippen LogP contribution < -0.4 is 14.8 Å². The smallest absolute Gasteiger partial charge is 0.123 e. The predicted molar refractivity (Wildman–Crippen MR) is 85.2 cm³/mol. The molecule has 1 aromatic carbocycles. The number of hydrogen-bond acceptors (Lipinski definition) is 5. The molecule has 1 aliphatic heterocycles. The number of likely N-dealkylation sites (N-methyl/N-ethyl adjacent to an activating group) is 2. The van der Waals surface area contributed by atoms with Gasteiger partial charge in [-0.2, -0.15) is 0 Å². The first-order chi connectivity index (χ1) is 10.1. The molecule has 5 heteroatoms. The van der Waals surface area contributed by atoms with Gasteiger partial charge in [-0.05, 0) is 32.3 Å². The summed E-state index contributed by atoms with van der Waals surface area (Å²) in [4.78, 5) is 4.81. The van der Waals surface area contributed by atoms with E-state index in [0.29, 0.717) is 6.04 Å². The van der Waals surface area contributed by atoms with Crippen LogP contribution in [0.25, 0.3) is 0 Å². The van der Waals surface area contributed by atoms with Gasteiger partial charge >= 0.3 is 0 Å². The van der Waals surface area contributed by atoms with Crippen LogP contribution in [0.2, 0.25) is 0 Å². The molecule has 0 aliphatic carbocycles. The first-order valence-electron chi connectivity index (χ1n) is 7.44. The molecule has 1 aliphatic rings. The van der Waals surface area contributed by atoms with Crippen molar-refractivity contribution in [3.63, 3.8) is 0 Å². The quantitative estimate of drug-likeness (QED) is 0.848. The van der Waals surface area contributed by atoms with E-state index in [4.69, 9.17) is 9.47 Å². The second-order valence-corrected chi connectivity index (χ2v) is 5.71. The lowest BCUT2D eigenvalue weighted by Gasteiger charge is -2.37. The molecule has 2 rings (SSSR count). The summed E-state index contributed by atoms with van der Waals surface area (Å²) in [5.74, 6) is 1.76. The van der Waals surface area contributed by atoms with Gasteiger partial charge in [0.05, 0.1) is 14.2 Å². The lowest BCUT2D eigenvalue weighted by molar-refractivity contribution is 0.113. The van der Waals surface area contributed by atoms with E-state index in [1.807, 2.05) is 18.2 Å². The predicted octanol–water partition coefficient (Wildman–Crippen LogP) is 1.04. The SMILES string of the molecule is COc1ccc(OC)c(CNCC2CN(C)CCN2C)c1. The third-order valence-electron chi connectivity index (χ3n) is 4.16. The van der Waals surface area contributed by atoms with Crippen molar-refractivity contribution in [1.82, 2.24) is 15.1 Å². The molecule has 1 unspecified atom stereocenters. The fourth-order valence-corrected chi connectivity index (χ4v) is 2.72. The van der Waals surface area contributed by atoms with E-state index >= 15 is 0 Å². The zero-order chi connectivity index (χ0) is 15.2. The minimum absolute atomic E-state index is 0.556. The second-order valence-electron chi connectivity index (χ2n) is 5.71. The van der Waals surface area contributed by atoms with E-state index in [1.165, 1.54) is 0 Å². The van der Waals surface area contributed by atoms with Gasteiger partial charge in [0, 0.05) is 44.3 Å². The van der Waals surface area contributed by atoms with Crippen LogP contribution in [0.5, 0.6) is 11.5 Å². The lowest BCUT2D eigenvalue weighted by Crippen LogP contribution is -2.53. The Hall–Kier alpha value is -1.30. The minimum atomic E-state index is 0.556. The molecule has 1 saturated heterocycles. The highest BCUT2D eigenvalue weighted by Crippen LogP contribution is 2.23. The maximum atomic E-state index is 5.41. The number of methoxy groups -OCH3 is 2. The van der Waals surface area contributed by atoms with Crippen LogP contribution in [0, 0.1) is 0 Å². The van der Waals surface area contributed by atoms with E-state index in [9.17, 15) is 0 Å². The Morgan fingerprint density at radius 1 is 1.19 bits per heavy atom. The first-order valence-corrected chi connectivity index (χ1v) is 7.44.